The fourth-order valence-electron chi connectivity index (χ4n) is 6.11. The van der Waals surface area contributed by atoms with Gasteiger partial charge in [0.2, 0.25) is 5.91 Å². The highest BCUT2D eigenvalue weighted by atomic mass is 32.1. The van der Waals surface area contributed by atoms with Crippen molar-refractivity contribution in [2.75, 3.05) is 27.4 Å². The van der Waals surface area contributed by atoms with Crippen molar-refractivity contribution in [2.45, 2.75) is 58.7 Å². The Hall–Kier alpha value is -2.16. The quantitative estimate of drug-likeness (QED) is 0.500. The monoisotopic (exact) mass is 502 g/mol. The van der Waals surface area contributed by atoms with Crippen LogP contribution in [0.15, 0.2) is 24.3 Å². The Labute approximate surface area is 212 Å². The van der Waals surface area contributed by atoms with E-state index in [9.17, 15) is 9.90 Å². The van der Waals surface area contributed by atoms with E-state index in [1.807, 2.05) is 31.2 Å². The molecule has 0 aliphatic heterocycles. The van der Waals surface area contributed by atoms with Gasteiger partial charge in [-0.1, -0.05) is 20.8 Å². The van der Waals surface area contributed by atoms with Crippen molar-refractivity contribution in [2.24, 2.45) is 23.2 Å². The van der Waals surface area contributed by atoms with Gasteiger partial charge in [0, 0.05) is 30.4 Å². The van der Waals surface area contributed by atoms with E-state index in [0.29, 0.717) is 19.8 Å². The fourth-order valence-corrected chi connectivity index (χ4v) is 7.39. The van der Waals surface area contributed by atoms with Crippen LogP contribution in [-0.4, -0.2) is 49.5 Å². The Kier molecular flexibility index (Phi) is 8.03. The number of carbonyl (C=O) groups excluding carboxylic acids is 1. The standard InChI is InChI=1S/C27H38N2O5S/c1-16(26(31)28-12-13-32-4)20-10-11-27(3)14-21-24(17(2)23(27)25(20)30)29-22(35-21)15-34-19-8-6-18(33-5)7-9-19/h6-9,16-17,20,23,25,30H,10-15H2,1-5H3,(H,28,31)/t16-,17-,20+,23+,25-,27-/m0/s1. The molecule has 2 N–H and O–H groups in total. The van der Waals surface area contributed by atoms with Gasteiger partial charge in [-0.25, -0.2) is 4.98 Å². The van der Waals surface area contributed by atoms with Crippen LogP contribution in [0.25, 0.3) is 0 Å². The van der Waals surface area contributed by atoms with Crippen LogP contribution >= 0.6 is 11.3 Å². The maximum atomic E-state index is 12.7. The second kappa shape index (κ2) is 10.8. The first kappa shape index (κ1) is 25.9. The lowest BCUT2D eigenvalue weighted by atomic mass is 9.53. The largest absolute Gasteiger partial charge is 0.497 e. The van der Waals surface area contributed by atoms with Crippen molar-refractivity contribution in [3.8, 4) is 11.5 Å². The minimum absolute atomic E-state index is 0.00474. The maximum Gasteiger partial charge on any atom is 0.223 e. The number of methoxy groups -OCH3 is 2. The normalized spacial score (nSPS) is 28.5. The molecule has 1 aromatic heterocycles. The van der Waals surface area contributed by atoms with Crippen LogP contribution in [0.5, 0.6) is 11.5 Å². The SMILES string of the molecule is COCCNC(=O)[C@@H](C)[C@H]1CC[C@@]2(C)Cc3sc(COc4ccc(OC)cc4)nc3[C@@H](C)[C@@H]2[C@H]1O. The van der Waals surface area contributed by atoms with Gasteiger partial charge in [0.1, 0.15) is 23.1 Å². The number of ether oxygens (including phenoxy) is 3. The highest BCUT2D eigenvalue weighted by Gasteiger charge is 2.53. The van der Waals surface area contributed by atoms with Crippen molar-refractivity contribution in [3.05, 3.63) is 39.8 Å². The lowest BCUT2D eigenvalue weighted by Crippen LogP contribution is -2.53. The molecule has 2 aliphatic rings. The maximum absolute atomic E-state index is 12.7. The Bertz CT molecular complexity index is 1010. The second-order valence-corrected chi connectivity index (χ2v) is 11.5. The summed E-state index contributed by atoms with van der Waals surface area (Å²) >= 11 is 1.73. The lowest BCUT2D eigenvalue weighted by Gasteiger charge is -2.53. The average molecular weight is 503 g/mol. The third kappa shape index (κ3) is 5.34. The van der Waals surface area contributed by atoms with Crippen molar-refractivity contribution >= 4 is 17.2 Å². The average Bonchev–Trinajstić information content (AvgIpc) is 3.25. The number of rotatable bonds is 9. The van der Waals surface area contributed by atoms with Crippen LogP contribution in [0, 0.1) is 23.2 Å². The number of fused-ring (bicyclic) bond motifs is 2. The van der Waals surface area contributed by atoms with Gasteiger partial charge in [-0.3, -0.25) is 4.79 Å². The number of nitrogens with one attached hydrogen (secondary N) is 1. The highest BCUT2D eigenvalue weighted by molar-refractivity contribution is 7.11. The van der Waals surface area contributed by atoms with E-state index in [1.54, 1.807) is 25.6 Å². The Balaban J connectivity index is 1.46. The molecule has 35 heavy (non-hydrogen) atoms. The number of hydrogen-bond donors (Lipinski definition) is 2. The number of nitrogens with zero attached hydrogens (tertiary/aromatic N) is 1. The van der Waals surface area contributed by atoms with Crippen LogP contribution in [0.2, 0.25) is 0 Å². The summed E-state index contributed by atoms with van der Waals surface area (Å²) in [6, 6.07) is 7.56. The molecular weight excluding hydrogens is 464 g/mol. The molecule has 0 spiro atoms. The molecule has 1 fully saturated rings. The van der Waals surface area contributed by atoms with Gasteiger partial charge >= 0.3 is 0 Å². The summed E-state index contributed by atoms with van der Waals surface area (Å²) in [6.45, 7) is 7.82. The molecule has 2 aromatic rings. The smallest absolute Gasteiger partial charge is 0.223 e. The van der Waals surface area contributed by atoms with Crippen LogP contribution in [-0.2, 0) is 22.6 Å². The minimum atomic E-state index is -0.541. The third-order valence-corrected chi connectivity index (χ3v) is 9.09. The molecule has 1 heterocycles. The molecule has 1 aromatic carbocycles. The molecule has 2 aliphatic carbocycles. The van der Waals surface area contributed by atoms with Crippen molar-refractivity contribution in [1.82, 2.24) is 10.3 Å². The van der Waals surface area contributed by atoms with Crippen molar-refractivity contribution < 1.29 is 24.1 Å². The summed E-state index contributed by atoms with van der Waals surface area (Å²) in [4.78, 5) is 19.0. The van der Waals surface area contributed by atoms with E-state index in [4.69, 9.17) is 19.2 Å². The minimum Gasteiger partial charge on any atom is -0.497 e. The topological polar surface area (TPSA) is 89.9 Å². The molecule has 0 saturated heterocycles. The zero-order chi connectivity index (χ0) is 25.2. The molecular formula is C27H38N2O5S. The van der Waals surface area contributed by atoms with Crippen LogP contribution in [0.3, 0.4) is 0 Å². The predicted octanol–water partition coefficient (Wildman–Crippen LogP) is 4.18. The Morgan fingerprint density at radius 3 is 2.69 bits per heavy atom. The van der Waals surface area contributed by atoms with E-state index >= 15 is 0 Å². The fraction of sp³-hybridized carbons (Fsp3) is 0.630. The molecule has 6 atom stereocenters. The van der Waals surface area contributed by atoms with E-state index < -0.39 is 6.10 Å². The summed E-state index contributed by atoms with van der Waals surface area (Å²) in [5.41, 5.74) is 1.08. The number of amides is 1. The van der Waals surface area contributed by atoms with Crippen molar-refractivity contribution in [1.29, 1.82) is 0 Å². The zero-order valence-corrected chi connectivity index (χ0v) is 22.2. The lowest BCUT2D eigenvalue weighted by molar-refractivity contribution is -0.135. The number of benzene rings is 1. The van der Waals surface area contributed by atoms with Gasteiger partial charge in [0.05, 0.1) is 25.5 Å². The highest BCUT2D eigenvalue weighted by Crippen LogP contribution is 2.57. The van der Waals surface area contributed by atoms with Gasteiger partial charge in [0.25, 0.3) is 0 Å². The van der Waals surface area contributed by atoms with E-state index in [2.05, 4.69) is 19.2 Å². The number of aliphatic hydroxyl groups excluding tert-OH is 1. The Morgan fingerprint density at radius 2 is 2.00 bits per heavy atom. The number of carbonyl (C=O) groups is 1. The summed E-state index contributed by atoms with van der Waals surface area (Å²) in [6.07, 6.45) is 2.21. The number of aromatic nitrogens is 1. The molecule has 8 heteroatoms. The molecule has 0 unspecified atom stereocenters. The molecule has 1 amide bonds. The molecule has 0 radical (unpaired) electrons. The molecule has 7 nitrogen and oxygen atoms in total. The van der Waals surface area contributed by atoms with Crippen LogP contribution in [0.1, 0.15) is 55.1 Å². The van der Waals surface area contributed by atoms with E-state index in [0.717, 1.165) is 41.5 Å². The zero-order valence-electron chi connectivity index (χ0n) is 21.4. The molecule has 1 saturated carbocycles. The first-order valence-electron chi connectivity index (χ1n) is 12.5. The first-order valence-corrected chi connectivity index (χ1v) is 13.3. The summed E-state index contributed by atoms with van der Waals surface area (Å²) in [7, 11) is 3.27. The summed E-state index contributed by atoms with van der Waals surface area (Å²) in [5.74, 6) is 1.45. The number of hydrogen-bond acceptors (Lipinski definition) is 7. The van der Waals surface area contributed by atoms with Gasteiger partial charge in [-0.15, -0.1) is 11.3 Å². The summed E-state index contributed by atoms with van der Waals surface area (Å²) < 4.78 is 16.2. The van der Waals surface area contributed by atoms with Gasteiger partial charge in [-0.05, 0) is 60.8 Å². The molecule has 4 rings (SSSR count). The van der Waals surface area contributed by atoms with Gasteiger partial charge in [-0.2, -0.15) is 0 Å². The first-order chi connectivity index (χ1) is 16.8. The van der Waals surface area contributed by atoms with E-state index in [-0.39, 0.29) is 35.0 Å². The predicted molar refractivity (Wildman–Crippen MR) is 136 cm³/mol. The third-order valence-electron chi connectivity index (χ3n) is 8.05. The summed E-state index contributed by atoms with van der Waals surface area (Å²) in [5, 5.41) is 15.4. The number of thiazole rings is 1. The second-order valence-electron chi connectivity index (χ2n) is 10.3. The van der Waals surface area contributed by atoms with Crippen molar-refractivity contribution in [3.63, 3.8) is 0 Å². The number of aliphatic hydroxyl groups is 1. The van der Waals surface area contributed by atoms with Crippen LogP contribution in [0.4, 0.5) is 0 Å². The van der Waals surface area contributed by atoms with Crippen LogP contribution < -0.4 is 14.8 Å². The van der Waals surface area contributed by atoms with Gasteiger partial charge in [0.15, 0.2) is 0 Å². The molecule has 0 bridgehead atoms. The van der Waals surface area contributed by atoms with Gasteiger partial charge < -0.3 is 24.6 Å². The van der Waals surface area contributed by atoms with E-state index in [1.165, 1.54) is 4.88 Å². The Morgan fingerprint density at radius 1 is 1.29 bits per heavy atom. The molecule has 192 valence electrons.